The Hall–Kier alpha value is -3.79. The maximum atomic E-state index is 12.9. The standard InChI is InChI=1S/C75H130O16P2/c1-4-7-10-13-16-19-22-25-28-30-32-34-36-38-41-43-46-49-52-55-58-61-73(78)85-64-70(76)65-87-92(81,82)88-66-71(77)67-89-93(83,84)90-69-72(91-75(80)63-60-57-54-51-48-45-40-27-24-21-18-15-12-9-6-3)68-86-74(79)62-59-56-53-50-47-44-42-39-37-35-33-31-29-26-23-20-17-14-11-8-5-2/h16-17,19-20,25-29,32-35,38-42,70-72,76-77H,4-15,18,21-24,30-31,36-37,43-69H2,1-3H3,(H,81,82)(H,83,84)/b19-16-,20-17-,28-25-,29-26-,34-32-,35-33-,40-27-,41-38-,42-39-. The largest absolute Gasteiger partial charge is 0.472 e. The van der Waals surface area contributed by atoms with Gasteiger partial charge in [0.15, 0.2) is 6.10 Å². The summed E-state index contributed by atoms with van der Waals surface area (Å²) in [5.41, 5.74) is 0. The Kier molecular flexibility index (Phi) is 65.4. The Labute approximate surface area is 564 Å². The second-order valence-electron chi connectivity index (χ2n) is 24.0. The van der Waals surface area contributed by atoms with Gasteiger partial charge in [0.05, 0.1) is 26.4 Å². The van der Waals surface area contributed by atoms with Crippen molar-refractivity contribution in [1.82, 2.24) is 0 Å². The van der Waals surface area contributed by atoms with E-state index < -0.39 is 91.5 Å². The van der Waals surface area contributed by atoms with E-state index >= 15 is 0 Å². The van der Waals surface area contributed by atoms with Crippen LogP contribution in [0, 0.1) is 0 Å². The molecule has 0 aliphatic heterocycles. The summed E-state index contributed by atoms with van der Waals surface area (Å²) in [5.74, 6) is -1.62. The summed E-state index contributed by atoms with van der Waals surface area (Å²) in [6.45, 7) is 2.56. The van der Waals surface area contributed by atoms with Crippen LogP contribution in [-0.2, 0) is 55.8 Å². The van der Waals surface area contributed by atoms with Crippen LogP contribution < -0.4 is 0 Å². The van der Waals surface area contributed by atoms with E-state index in [0.29, 0.717) is 19.3 Å². The number of phosphoric acid groups is 2. The lowest BCUT2D eigenvalue weighted by Gasteiger charge is -2.21. The molecular weight excluding hydrogens is 1220 g/mol. The molecule has 16 nitrogen and oxygen atoms in total. The molecule has 0 aromatic carbocycles. The van der Waals surface area contributed by atoms with Crippen molar-refractivity contribution in [1.29, 1.82) is 0 Å². The van der Waals surface area contributed by atoms with E-state index in [1.54, 1.807) is 0 Å². The van der Waals surface area contributed by atoms with Crippen LogP contribution in [0.2, 0.25) is 0 Å². The van der Waals surface area contributed by atoms with Gasteiger partial charge in [0.1, 0.15) is 25.4 Å². The Bertz CT molecular complexity index is 2130. The summed E-state index contributed by atoms with van der Waals surface area (Å²) in [6.07, 6.45) is 77.0. The third-order valence-corrected chi connectivity index (χ3v) is 16.8. The number of carbonyl (C=O) groups is 3. The number of unbranched alkanes of at least 4 members (excludes halogenated alkanes) is 27. The lowest BCUT2D eigenvalue weighted by atomic mass is 10.1. The number of phosphoric ester groups is 2. The van der Waals surface area contributed by atoms with Crippen LogP contribution in [0.25, 0.3) is 0 Å². The second kappa shape index (κ2) is 68.2. The van der Waals surface area contributed by atoms with Crippen molar-refractivity contribution >= 4 is 33.6 Å². The zero-order valence-electron chi connectivity index (χ0n) is 58.1. The van der Waals surface area contributed by atoms with Crippen LogP contribution in [0.3, 0.4) is 0 Å². The van der Waals surface area contributed by atoms with Crippen molar-refractivity contribution < 1.29 is 75.8 Å². The van der Waals surface area contributed by atoms with E-state index in [4.69, 9.17) is 32.3 Å². The van der Waals surface area contributed by atoms with E-state index in [2.05, 4.69) is 130 Å². The molecule has 93 heavy (non-hydrogen) atoms. The first-order chi connectivity index (χ1) is 45.2. The van der Waals surface area contributed by atoms with Crippen LogP contribution in [0.4, 0.5) is 0 Å². The minimum absolute atomic E-state index is 0.0883. The highest BCUT2D eigenvalue weighted by Gasteiger charge is 2.29. The number of hydrogen-bond acceptors (Lipinski definition) is 14. The van der Waals surface area contributed by atoms with Crippen molar-refractivity contribution in [2.75, 3.05) is 39.6 Å². The monoisotopic (exact) mass is 1350 g/mol. The lowest BCUT2D eigenvalue weighted by molar-refractivity contribution is -0.161. The van der Waals surface area contributed by atoms with Crippen LogP contribution in [0.5, 0.6) is 0 Å². The number of aliphatic hydroxyl groups excluding tert-OH is 2. The fraction of sp³-hybridized carbons (Fsp3) is 0.720. The quantitative estimate of drug-likeness (QED) is 0.0146. The molecule has 0 aromatic heterocycles. The van der Waals surface area contributed by atoms with Gasteiger partial charge in [0, 0.05) is 19.3 Å². The maximum Gasteiger partial charge on any atom is 0.472 e. The smallest absolute Gasteiger partial charge is 0.463 e. The van der Waals surface area contributed by atoms with Gasteiger partial charge in [0.25, 0.3) is 0 Å². The van der Waals surface area contributed by atoms with Crippen molar-refractivity contribution in [3.8, 4) is 0 Å². The topological polar surface area (TPSA) is 231 Å². The van der Waals surface area contributed by atoms with Crippen LogP contribution in [0.1, 0.15) is 290 Å². The molecule has 0 amide bonds. The van der Waals surface area contributed by atoms with Gasteiger partial charge in [-0.05, 0) is 135 Å². The van der Waals surface area contributed by atoms with Crippen LogP contribution in [0.15, 0.2) is 109 Å². The van der Waals surface area contributed by atoms with Crippen molar-refractivity contribution in [2.45, 2.75) is 309 Å². The van der Waals surface area contributed by atoms with Crippen molar-refractivity contribution in [2.24, 2.45) is 0 Å². The molecule has 0 saturated carbocycles. The Morgan fingerprint density at radius 3 is 0.882 bits per heavy atom. The zero-order chi connectivity index (χ0) is 68.1. The average Bonchev–Trinajstić information content (AvgIpc) is 3.71. The molecule has 0 fully saturated rings. The van der Waals surface area contributed by atoms with Gasteiger partial charge >= 0.3 is 33.6 Å². The molecule has 0 bridgehead atoms. The summed E-state index contributed by atoms with van der Waals surface area (Å²) < 4.78 is 61.0. The predicted molar refractivity (Wildman–Crippen MR) is 380 cm³/mol. The summed E-state index contributed by atoms with van der Waals surface area (Å²) >= 11 is 0. The molecule has 5 unspecified atom stereocenters. The maximum absolute atomic E-state index is 12.9. The minimum atomic E-state index is -4.94. The Morgan fingerprint density at radius 1 is 0.301 bits per heavy atom. The molecule has 0 heterocycles. The molecule has 0 aliphatic rings. The lowest BCUT2D eigenvalue weighted by Crippen LogP contribution is -2.30. The molecule has 0 aromatic rings. The normalized spacial score (nSPS) is 14.8. The summed E-state index contributed by atoms with van der Waals surface area (Å²) in [4.78, 5) is 58.5. The summed E-state index contributed by atoms with van der Waals surface area (Å²) in [7, 11) is -9.80. The van der Waals surface area contributed by atoms with Crippen LogP contribution >= 0.6 is 15.6 Å². The van der Waals surface area contributed by atoms with Gasteiger partial charge in [-0.1, -0.05) is 246 Å². The Morgan fingerprint density at radius 2 is 0.538 bits per heavy atom. The van der Waals surface area contributed by atoms with Gasteiger partial charge in [-0.3, -0.25) is 32.5 Å². The third-order valence-electron chi connectivity index (χ3n) is 14.9. The molecule has 0 rings (SSSR count). The van der Waals surface area contributed by atoms with Gasteiger partial charge in [0.2, 0.25) is 0 Å². The molecule has 0 radical (unpaired) electrons. The minimum Gasteiger partial charge on any atom is -0.463 e. The van der Waals surface area contributed by atoms with Gasteiger partial charge in [-0.2, -0.15) is 0 Å². The molecule has 5 atom stereocenters. The van der Waals surface area contributed by atoms with Crippen molar-refractivity contribution in [3.63, 3.8) is 0 Å². The molecule has 0 spiro atoms. The zero-order valence-corrected chi connectivity index (χ0v) is 59.9. The van der Waals surface area contributed by atoms with E-state index in [0.717, 1.165) is 141 Å². The average molecular weight is 1350 g/mol. The third kappa shape index (κ3) is 69.4. The first-order valence-electron chi connectivity index (χ1n) is 36.2. The van der Waals surface area contributed by atoms with Crippen molar-refractivity contribution in [3.05, 3.63) is 109 Å². The number of carbonyl (C=O) groups excluding carboxylic acids is 3. The fourth-order valence-electron chi connectivity index (χ4n) is 9.35. The molecule has 18 heteroatoms. The van der Waals surface area contributed by atoms with Gasteiger partial charge in [-0.25, -0.2) is 9.13 Å². The number of esters is 3. The molecule has 0 aliphatic carbocycles. The molecule has 536 valence electrons. The van der Waals surface area contributed by atoms with E-state index in [1.807, 2.05) is 0 Å². The number of allylic oxidation sites excluding steroid dienone is 18. The molecule has 0 saturated heterocycles. The summed E-state index contributed by atoms with van der Waals surface area (Å²) in [6, 6.07) is 0. The van der Waals surface area contributed by atoms with E-state index in [-0.39, 0.29) is 19.3 Å². The van der Waals surface area contributed by atoms with E-state index in [9.17, 15) is 43.5 Å². The number of rotatable bonds is 68. The Balaban J connectivity index is 4.70. The van der Waals surface area contributed by atoms with Gasteiger partial charge in [-0.15, -0.1) is 0 Å². The summed E-state index contributed by atoms with van der Waals surface area (Å²) in [5, 5.41) is 20.6. The highest BCUT2D eigenvalue weighted by molar-refractivity contribution is 7.47. The number of hydrogen-bond donors (Lipinski definition) is 4. The highest BCUT2D eigenvalue weighted by Crippen LogP contribution is 2.45. The fourth-order valence-corrected chi connectivity index (χ4v) is 10.9. The van der Waals surface area contributed by atoms with Gasteiger partial charge < -0.3 is 34.2 Å². The van der Waals surface area contributed by atoms with E-state index in [1.165, 1.54) is 89.9 Å². The SMILES string of the molecule is CCCCC/C=C\C/C=C\C/C=C\C/C=C\CCCCCCCC(=O)OCC(O)COP(=O)(O)OCC(O)COP(=O)(O)OCC(COC(=O)CCCCCCC/C=C\C/C=C\C/C=C\C/C=C\CCCCC)OC(=O)CCCCCCC/C=C\CCCCCCCC. The first kappa shape index (κ1) is 89.2. The number of ether oxygens (including phenoxy) is 3. The molecule has 4 N–H and O–H groups in total. The van der Waals surface area contributed by atoms with Crippen LogP contribution in [-0.4, -0.2) is 95.9 Å². The second-order valence-corrected chi connectivity index (χ2v) is 26.9. The first-order valence-corrected chi connectivity index (χ1v) is 39.2. The molecular formula is C75H130O16P2. The predicted octanol–water partition coefficient (Wildman–Crippen LogP) is 20.4. The highest BCUT2D eigenvalue weighted by atomic mass is 31.2. The number of aliphatic hydroxyl groups is 2.